The van der Waals surface area contributed by atoms with Crippen molar-refractivity contribution in [3.05, 3.63) is 76.5 Å². The zero-order valence-corrected chi connectivity index (χ0v) is 17.0. The highest BCUT2D eigenvalue weighted by molar-refractivity contribution is 9.10. The molecule has 1 saturated heterocycles. The second-order valence-corrected chi connectivity index (χ2v) is 7.63. The lowest BCUT2D eigenvalue weighted by atomic mass is 10.1. The Kier molecular flexibility index (Phi) is 5.67. The second-order valence-electron chi connectivity index (χ2n) is 6.78. The average Bonchev–Trinajstić information content (AvgIpc) is 3.28. The molecular formula is C22H21BrN4O. The summed E-state index contributed by atoms with van der Waals surface area (Å²) in [7, 11) is 0. The van der Waals surface area contributed by atoms with Gasteiger partial charge in [0.15, 0.2) is 5.82 Å². The van der Waals surface area contributed by atoms with Gasteiger partial charge in [-0.2, -0.15) is 0 Å². The molecule has 0 bridgehead atoms. The lowest BCUT2D eigenvalue weighted by Crippen LogP contribution is -2.23. The number of rotatable bonds is 5. The molecule has 0 radical (unpaired) electrons. The summed E-state index contributed by atoms with van der Waals surface area (Å²) in [6.45, 7) is 2.46. The fourth-order valence-corrected chi connectivity index (χ4v) is 3.85. The Bertz CT molecular complexity index is 986. The number of hydrogen-bond donors (Lipinski definition) is 1. The third-order valence-electron chi connectivity index (χ3n) is 4.88. The van der Waals surface area contributed by atoms with Gasteiger partial charge in [0.05, 0.1) is 0 Å². The first-order valence-electron chi connectivity index (χ1n) is 9.40. The molecule has 28 heavy (non-hydrogen) atoms. The van der Waals surface area contributed by atoms with Gasteiger partial charge in [0.1, 0.15) is 5.69 Å². The Labute approximate surface area is 173 Å². The molecule has 1 N–H and O–H groups in total. The van der Waals surface area contributed by atoms with E-state index < -0.39 is 0 Å². The van der Waals surface area contributed by atoms with Gasteiger partial charge < -0.3 is 10.2 Å². The van der Waals surface area contributed by atoms with Gasteiger partial charge in [-0.15, -0.1) is 0 Å². The number of carbonyl (C=O) groups excluding carboxylic acids is 1. The number of nitrogens with zero attached hydrogens (tertiary/aromatic N) is 3. The highest BCUT2D eigenvalue weighted by atomic mass is 79.9. The zero-order chi connectivity index (χ0) is 19.3. The second kappa shape index (κ2) is 8.52. The minimum Gasteiger partial charge on any atom is -0.355 e. The number of benzene rings is 2. The molecule has 2 aromatic carbocycles. The number of amides is 1. The van der Waals surface area contributed by atoms with Gasteiger partial charge >= 0.3 is 0 Å². The third kappa shape index (κ3) is 4.07. The van der Waals surface area contributed by atoms with Crippen LogP contribution in [0.25, 0.3) is 11.3 Å². The number of hydrogen-bond acceptors (Lipinski definition) is 4. The predicted molar refractivity (Wildman–Crippen MR) is 114 cm³/mol. The Hall–Kier alpha value is -2.73. The first-order chi connectivity index (χ1) is 13.7. The fraction of sp³-hybridized carbons (Fsp3) is 0.227. The van der Waals surface area contributed by atoms with Crippen LogP contribution in [0.2, 0.25) is 0 Å². The van der Waals surface area contributed by atoms with Gasteiger partial charge in [-0.1, -0.05) is 46.3 Å². The summed E-state index contributed by atoms with van der Waals surface area (Å²) in [6.07, 6.45) is 5.78. The summed E-state index contributed by atoms with van der Waals surface area (Å²) in [6, 6.07) is 15.5. The molecule has 1 aliphatic rings. The van der Waals surface area contributed by atoms with Crippen molar-refractivity contribution in [2.24, 2.45) is 0 Å². The van der Waals surface area contributed by atoms with Crippen LogP contribution in [-0.4, -0.2) is 29.0 Å². The first kappa shape index (κ1) is 18.6. The average molecular weight is 437 g/mol. The zero-order valence-electron chi connectivity index (χ0n) is 15.4. The van der Waals surface area contributed by atoms with Crippen LogP contribution in [0.5, 0.6) is 0 Å². The lowest BCUT2D eigenvalue weighted by Gasteiger charge is -2.19. The van der Waals surface area contributed by atoms with Crippen molar-refractivity contribution in [1.29, 1.82) is 0 Å². The predicted octanol–water partition coefficient (Wildman–Crippen LogP) is 4.44. The Morgan fingerprint density at radius 1 is 1.04 bits per heavy atom. The van der Waals surface area contributed by atoms with E-state index in [1.54, 1.807) is 12.4 Å². The molecular weight excluding hydrogens is 416 g/mol. The van der Waals surface area contributed by atoms with Crippen molar-refractivity contribution in [2.45, 2.75) is 19.4 Å². The molecule has 2 heterocycles. The number of carbonyl (C=O) groups is 1. The summed E-state index contributed by atoms with van der Waals surface area (Å²) >= 11 is 3.51. The standard InChI is InChI=1S/C22H21BrN4O/c23-19-9-2-1-6-18(19)15-26-22(28)17-8-5-7-16(14-17)20-21(25-11-10-24-20)27-12-3-4-13-27/h1-2,5-11,14H,3-4,12-13,15H2,(H,26,28). The molecule has 142 valence electrons. The van der Waals surface area contributed by atoms with Crippen LogP contribution in [0.3, 0.4) is 0 Å². The molecule has 1 aliphatic heterocycles. The Balaban J connectivity index is 1.55. The highest BCUT2D eigenvalue weighted by Crippen LogP contribution is 2.29. The quantitative estimate of drug-likeness (QED) is 0.642. The van der Waals surface area contributed by atoms with Crippen molar-refractivity contribution in [1.82, 2.24) is 15.3 Å². The van der Waals surface area contributed by atoms with Crippen molar-refractivity contribution in [3.63, 3.8) is 0 Å². The van der Waals surface area contributed by atoms with Gasteiger partial charge in [0.25, 0.3) is 5.91 Å². The molecule has 5 nitrogen and oxygen atoms in total. The maximum Gasteiger partial charge on any atom is 0.251 e. The largest absolute Gasteiger partial charge is 0.355 e. The van der Waals surface area contributed by atoms with Gasteiger partial charge in [-0.3, -0.25) is 9.78 Å². The molecule has 0 atom stereocenters. The molecule has 1 aromatic heterocycles. The monoisotopic (exact) mass is 436 g/mol. The lowest BCUT2D eigenvalue weighted by molar-refractivity contribution is 0.0951. The Morgan fingerprint density at radius 3 is 2.64 bits per heavy atom. The van der Waals surface area contributed by atoms with Gasteiger partial charge in [-0.25, -0.2) is 4.98 Å². The van der Waals surface area contributed by atoms with Crippen molar-refractivity contribution in [2.75, 3.05) is 18.0 Å². The third-order valence-corrected chi connectivity index (χ3v) is 5.65. The van der Waals surface area contributed by atoms with E-state index in [1.165, 1.54) is 12.8 Å². The molecule has 0 aliphatic carbocycles. The van der Waals surface area contributed by atoms with Crippen LogP contribution in [0, 0.1) is 0 Å². The molecule has 3 aromatic rings. The van der Waals surface area contributed by atoms with E-state index in [0.717, 1.165) is 40.2 Å². The van der Waals surface area contributed by atoms with Crippen LogP contribution in [0.15, 0.2) is 65.4 Å². The number of halogens is 1. The van der Waals surface area contributed by atoms with Crippen LogP contribution in [-0.2, 0) is 6.54 Å². The summed E-state index contributed by atoms with van der Waals surface area (Å²) in [4.78, 5) is 24.1. The highest BCUT2D eigenvalue weighted by Gasteiger charge is 2.19. The summed E-state index contributed by atoms with van der Waals surface area (Å²) in [5.41, 5.74) is 3.38. The Morgan fingerprint density at radius 2 is 1.82 bits per heavy atom. The number of nitrogens with one attached hydrogen (secondary N) is 1. The van der Waals surface area contributed by atoms with Crippen molar-refractivity contribution >= 4 is 27.7 Å². The summed E-state index contributed by atoms with van der Waals surface area (Å²) in [5.74, 6) is 0.787. The van der Waals surface area contributed by atoms with E-state index in [9.17, 15) is 4.79 Å². The van der Waals surface area contributed by atoms with Gasteiger partial charge in [0.2, 0.25) is 0 Å². The van der Waals surface area contributed by atoms with Gasteiger partial charge in [0, 0.05) is 47.6 Å². The SMILES string of the molecule is O=C(NCc1ccccc1Br)c1cccc(-c2nccnc2N2CCCC2)c1. The maximum atomic E-state index is 12.7. The van der Waals surface area contributed by atoms with E-state index in [0.29, 0.717) is 12.1 Å². The van der Waals surface area contributed by atoms with Crippen LogP contribution < -0.4 is 10.2 Å². The fourth-order valence-electron chi connectivity index (χ4n) is 3.42. The van der Waals surface area contributed by atoms with Crippen LogP contribution in [0.4, 0.5) is 5.82 Å². The number of anilines is 1. The molecule has 0 spiro atoms. The van der Waals surface area contributed by atoms with Crippen molar-refractivity contribution < 1.29 is 4.79 Å². The molecule has 0 unspecified atom stereocenters. The van der Waals surface area contributed by atoms with E-state index >= 15 is 0 Å². The molecule has 6 heteroatoms. The topological polar surface area (TPSA) is 58.1 Å². The number of aromatic nitrogens is 2. The first-order valence-corrected chi connectivity index (χ1v) is 10.2. The van der Waals surface area contributed by atoms with E-state index in [1.807, 2.05) is 48.5 Å². The van der Waals surface area contributed by atoms with Crippen LogP contribution >= 0.6 is 15.9 Å². The smallest absolute Gasteiger partial charge is 0.251 e. The van der Waals surface area contributed by atoms with E-state index in [2.05, 4.69) is 36.1 Å². The minimum atomic E-state index is -0.107. The summed E-state index contributed by atoms with van der Waals surface area (Å²) in [5, 5.41) is 2.99. The van der Waals surface area contributed by atoms with E-state index in [4.69, 9.17) is 0 Å². The molecule has 4 rings (SSSR count). The van der Waals surface area contributed by atoms with Crippen LogP contribution in [0.1, 0.15) is 28.8 Å². The van der Waals surface area contributed by atoms with E-state index in [-0.39, 0.29) is 5.91 Å². The molecule has 1 fully saturated rings. The van der Waals surface area contributed by atoms with Crippen molar-refractivity contribution in [3.8, 4) is 11.3 Å². The van der Waals surface area contributed by atoms with Gasteiger partial charge in [-0.05, 0) is 36.6 Å². The maximum absolute atomic E-state index is 12.7. The molecule has 0 saturated carbocycles. The normalized spacial score (nSPS) is 13.5. The molecule has 1 amide bonds. The minimum absolute atomic E-state index is 0.107. The summed E-state index contributed by atoms with van der Waals surface area (Å²) < 4.78 is 0.985.